The van der Waals surface area contributed by atoms with Crippen molar-refractivity contribution in [2.45, 2.75) is 17.8 Å². The lowest BCUT2D eigenvalue weighted by Crippen LogP contribution is -2.09. The van der Waals surface area contributed by atoms with E-state index in [0.717, 1.165) is 5.56 Å². The first-order chi connectivity index (χ1) is 8.56. The molecule has 94 valence electrons. The van der Waals surface area contributed by atoms with Gasteiger partial charge in [-0.15, -0.1) is 9.24 Å². The third kappa shape index (κ3) is 3.15. The van der Waals surface area contributed by atoms with Crippen LogP contribution in [0.15, 0.2) is 28.4 Å². The van der Waals surface area contributed by atoms with Gasteiger partial charge in [0.05, 0.1) is 6.20 Å². The summed E-state index contributed by atoms with van der Waals surface area (Å²) in [5.74, 6) is 0.138. The third-order valence-corrected chi connectivity index (χ3v) is 3.80. The van der Waals surface area contributed by atoms with Crippen LogP contribution in [0.4, 0.5) is 4.39 Å². The van der Waals surface area contributed by atoms with Gasteiger partial charge in [-0.2, -0.15) is 0 Å². The average molecular weight is 283 g/mol. The van der Waals surface area contributed by atoms with Crippen LogP contribution < -0.4 is 10.9 Å². The fourth-order valence-electron chi connectivity index (χ4n) is 1.37. The van der Waals surface area contributed by atoms with Gasteiger partial charge in [0.15, 0.2) is 5.16 Å². The summed E-state index contributed by atoms with van der Waals surface area (Å²) in [6.07, 6.45) is 2.77. The molecule has 0 aliphatic rings. The second-order valence-electron chi connectivity index (χ2n) is 3.67. The molecule has 0 aliphatic carbocycles. The van der Waals surface area contributed by atoms with Gasteiger partial charge >= 0.3 is 0 Å². The van der Waals surface area contributed by atoms with Crippen molar-refractivity contribution in [3.8, 4) is 0 Å². The third-order valence-electron chi connectivity index (χ3n) is 2.23. The molecule has 0 spiro atoms. The summed E-state index contributed by atoms with van der Waals surface area (Å²) in [5.41, 5.74) is 1.23. The van der Waals surface area contributed by atoms with E-state index in [2.05, 4.69) is 24.2 Å². The average Bonchev–Trinajstić information content (AvgIpc) is 2.30. The summed E-state index contributed by atoms with van der Waals surface area (Å²) in [6, 6.07) is 1.43. The van der Waals surface area contributed by atoms with E-state index in [1.807, 2.05) is 0 Å². The summed E-state index contributed by atoms with van der Waals surface area (Å²) in [4.78, 5) is 21.9. The Labute approximate surface area is 110 Å². The van der Waals surface area contributed by atoms with E-state index >= 15 is 0 Å². The van der Waals surface area contributed by atoms with Gasteiger partial charge in [0.2, 0.25) is 0 Å². The van der Waals surface area contributed by atoms with E-state index in [1.165, 1.54) is 24.0 Å². The van der Waals surface area contributed by atoms with E-state index in [9.17, 15) is 9.18 Å². The molecule has 0 amide bonds. The standard InChI is InChI=1S/C11H11FN3OPS/c1-6-2-9(16)15-11(14-6)18-5-7-3-13-4-8(12)10(7)17/h2-4H,5,17H2,1H3,(H,14,15,16). The molecule has 0 fully saturated rings. The Balaban J connectivity index is 2.16. The van der Waals surface area contributed by atoms with Crippen LogP contribution in [-0.2, 0) is 5.75 Å². The molecule has 0 aromatic carbocycles. The lowest BCUT2D eigenvalue weighted by atomic mass is 10.3. The van der Waals surface area contributed by atoms with Crippen LogP contribution in [0.3, 0.4) is 0 Å². The number of hydrogen-bond donors (Lipinski definition) is 1. The van der Waals surface area contributed by atoms with Gasteiger partial charge < -0.3 is 4.98 Å². The van der Waals surface area contributed by atoms with Crippen LogP contribution >= 0.6 is 21.0 Å². The zero-order valence-corrected chi connectivity index (χ0v) is 11.6. The first-order valence-electron chi connectivity index (χ1n) is 5.15. The number of halogens is 1. The van der Waals surface area contributed by atoms with Gasteiger partial charge in [-0.05, 0) is 12.5 Å². The van der Waals surface area contributed by atoms with E-state index < -0.39 is 0 Å². The highest BCUT2D eigenvalue weighted by molar-refractivity contribution is 7.98. The van der Waals surface area contributed by atoms with Crippen LogP contribution in [0.1, 0.15) is 11.3 Å². The number of nitrogens with zero attached hydrogens (tertiary/aromatic N) is 2. The monoisotopic (exact) mass is 283 g/mol. The SMILES string of the molecule is Cc1cc(=O)[nH]c(SCc2cncc(F)c2P)n1. The molecule has 0 bridgehead atoms. The summed E-state index contributed by atoms with van der Waals surface area (Å²) >= 11 is 1.34. The van der Waals surface area contributed by atoms with Crippen molar-refractivity contribution in [3.05, 3.63) is 45.9 Å². The summed E-state index contributed by atoms with van der Waals surface area (Å²) in [5, 5.41) is 1.01. The maximum Gasteiger partial charge on any atom is 0.251 e. The van der Waals surface area contributed by atoms with Crippen LogP contribution in [-0.4, -0.2) is 15.0 Å². The molecule has 2 rings (SSSR count). The van der Waals surface area contributed by atoms with Crippen LogP contribution in [0.2, 0.25) is 0 Å². The van der Waals surface area contributed by atoms with E-state index in [1.54, 1.807) is 13.1 Å². The molecular formula is C11H11FN3OPS. The Morgan fingerprint density at radius 2 is 2.28 bits per heavy atom. The molecule has 2 heterocycles. The topological polar surface area (TPSA) is 58.6 Å². The van der Waals surface area contributed by atoms with E-state index in [4.69, 9.17) is 0 Å². The zero-order chi connectivity index (χ0) is 13.1. The molecular weight excluding hydrogens is 272 g/mol. The molecule has 4 nitrogen and oxygen atoms in total. The highest BCUT2D eigenvalue weighted by Gasteiger charge is 2.06. The number of hydrogen-bond acceptors (Lipinski definition) is 4. The van der Waals surface area contributed by atoms with Gasteiger partial charge in [0, 0.05) is 29.0 Å². The maximum absolute atomic E-state index is 13.3. The molecule has 0 radical (unpaired) electrons. The van der Waals surface area contributed by atoms with Crippen LogP contribution in [0.5, 0.6) is 0 Å². The fraction of sp³-hybridized carbons (Fsp3) is 0.182. The Morgan fingerprint density at radius 3 is 3.00 bits per heavy atom. The lowest BCUT2D eigenvalue weighted by molar-refractivity contribution is 0.629. The van der Waals surface area contributed by atoms with Crippen molar-refractivity contribution < 1.29 is 4.39 Å². The summed E-state index contributed by atoms with van der Waals surface area (Å²) in [7, 11) is 2.35. The number of thioether (sulfide) groups is 1. The number of aromatic amines is 1. The van der Waals surface area contributed by atoms with Crippen LogP contribution in [0.25, 0.3) is 0 Å². The predicted octanol–water partition coefficient (Wildman–Crippen LogP) is 1.41. The van der Waals surface area contributed by atoms with Crippen molar-refractivity contribution in [1.82, 2.24) is 15.0 Å². The second-order valence-corrected chi connectivity index (χ2v) is 5.22. The van der Waals surface area contributed by atoms with Gasteiger partial charge in [-0.25, -0.2) is 9.37 Å². The molecule has 7 heteroatoms. The first-order valence-corrected chi connectivity index (χ1v) is 6.71. The van der Waals surface area contributed by atoms with E-state index in [-0.39, 0.29) is 11.4 Å². The quantitative estimate of drug-likeness (QED) is 0.525. The Hall–Kier alpha value is -1.26. The number of pyridine rings is 1. The molecule has 18 heavy (non-hydrogen) atoms. The first kappa shape index (κ1) is 13.2. The normalized spacial score (nSPS) is 10.6. The molecule has 1 atom stereocenters. The number of aromatic nitrogens is 3. The Bertz CT molecular complexity index is 632. The fourth-order valence-corrected chi connectivity index (χ4v) is 2.67. The lowest BCUT2D eigenvalue weighted by Gasteiger charge is -2.05. The smallest absolute Gasteiger partial charge is 0.251 e. The van der Waals surface area contributed by atoms with Crippen molar-refractivity contribution in [2.75, 3.05) is 0 Å². The van der Waals surface area contributed by atoms with Crippen molar-refractivity contribution >= 4 is 26.3 Å². The van der Waals surface area contributed by atoms with Crippen molar-refractivity contribution in [2.24, 2.45) is 0 Å². The van der Waals surface area contributed by atoms with Gasteiger partial charge in [0.25, 0.3) is 5.56 Å². The van der Waals surface area contributed by atoms with Crippen molar-refractivity contribution in [3.63, 3.8) is 0 Å². The van der Waals surface area contributed by atoms with Gasteiger partial charge in [-0.3, -0.25) is 9.78 Å². The molecule has 1 N–H and O–H groups in total. The highest BCUT2D eigenvalue weighted by Crippen LogP contribution is 2.18. The number of H-pyrrole nitrogens is 1. The van der Waals surface area contributed by atoms with E-state index in [0.29, 0.717) is 21.9 Å². The second kappa shape index (κ2) is 5.59. The van der Waals surface area contributed by atoms with Crippen LogP contribution in [0, 0.1) is 12.7 Å². The molecule has 1 unspecified atom stereocenters. The molecule has 2 aromatic heterocycles. The zero-order valence-electron chi connectivity index (χ0n) is 9.61. The minimum absolute atomic E-state index is 0.187. The highest BCUT2D eigenvalue weighted by atomic mass is 32.2. The Morgan fingerprint density at radius 1 is 1.50 bits per heavy atom. The predicted molar refractivity (Wildman–Crippen MR) is 72.7 cm³/mol. The van der Waals surface area contributed by atoms with Gasteiger partial charge in [0.1, 0.15) is 5.82 Å². The van der Waals surface area contributed by atoms with Crippen molar-refractivity contribution in [1.29, 1.82) is 0 Å². The summed E-state index contributed by atoms with van der Waals surface area (Å²) < 4.78 is 13.3. The largest absolute Gasteiger partial charge is 0.301 e. The molecule has 0 aliphatic heterocycles. The maximum atomic E-state index is 13.3. The van der Waals surface area contributed by atoms with Gasteiger partial charge in [-0.1, -0.05) is 11.8 Å². The summed E-state index contributed by atoms with van der Waals surface area (Å²) in [6.45, 7) is 1.75. The number of rotatable bonds is 3. The molecule has 0 saturated heterocycles. The number of aryl methyl sites for hydroxylation is 1. The Kier molecular flexibility index (Phi) is 4.09. The molecule has 0 saturated carbocycles. The molecule has 2 aromatic rings. The number of nitrogens with one attached hydrogen (secondary N) is 1. The minimum atomic E-state index is -0.358. The minimum Gasteiger partial charge on any atom is -0.301 e.